The Labute approximate surface area is 121 Å². The smallest absolute Gasteiger partial charge is 0.292 e. The maximum Gasteiger partial charge on any atom is 0.292 e. The van der Waals surface area contributed by atoms with Crippen molar-refractivity contribution >= 4 is 23.1 Å². The second kappa shape index (κ2) is 6.47. The van der Waals surface area contributed by atoms with Crippen molar-refractivity contribution in [1.29, 1.82) is 0 Å². The molecule has 0 saturated carbocycles. The molecule has 0 aliphatic rings. The molecule has 0 fully saturated rings. The summed E-state index contributed by atoms with van der Waals surface area (Å²) in [5.74, 6) is 1.64. The average molecular weight is 292 g/mol. The molecule has 1 heterocycles. The van der Waals surface area contributed by atoms with E-state index in [2.05, 4.69) is 5.32 Å². The number of furan rings is 1. The fraction of sp³-hybridized carbons (Fsp3) is 0.286. The molecular formula is C14H16N2O3S. The van der Waals surface area contributed by atoms with Crippen LogP contribution in [0.4, 0.5) is 11.4 Å². The third-order valence-electron chi connectivity index (χ3n) is 2.83. The summed E-state index contributed by atoms with van der Waals surface area (Å²) in [5.41, 5.74) is 1.72. The Balaban J connectivity index is 2.14. The summed E-state index contributed by atoms with van der Waals surface area (Å²) in [6.45, 7) is 4.49. The van der Waals surface area contributed by atoms with E-state index in [0.29, 0.717) is 12.2 Å². The number of nitrogens with zero attached hydrogens (tertiary/aromatic N) is 1. The van der Waals surface area contributed by atoms with Gasteiger partial charge < -0.3 is 9.73 Å². The van der Waals surface area contributed by atoms with Crippen molar-refractivity contribution in [2.75, 3.05) is 11.9 Å². The molecule has 106 valence electrons. The SMILES string of the molecule is CCNc1cc(CSc2ccoc2C)ccc1[N+](=O)[O-]. The summed E-state index contributed by atoms with van der Waals surface area (Å²) < 4.78 is 5.24. The molecule has 0 amide bonds. The standard InChI is InChI=1S/C14H16N2O3S/c1-3-15-12-8-11(4-5-13(12)16(17)18)9-20-14-6-7-19-10(14)2/h4-8,15H,3,9H2,1-2H3. The van der Waals surface area contributed by atoms with Crippen LogP contribution in [0.1, 0.15) is 18.2 Å². The molecule has 1 aromatic heterocycles. The summed E-state index contributed by atoms with van der Waals surface area (Å²) in [7, 11) is 0. The van der Waals surface area contributed by atoms with Gasteiger partial charge in [-0.3, -0.25) is 10.1 Å². The van der Waals surface area contributed by atoms with E-state index >= 15 is 0 Å². The molecule has 1 aromatic carbocycles. The topological polar surface area (TPSA) is 68.3 Å². The van der Waals surface area contributed by atoms with Crippen molar-refractivity contribution in [3.8, 4) is 0 Å². The van der Waals surface area contributed by atoms with Crippen LogP contribution in [0.15, 0.2) is 39.8 Å². The molecule has 0 bridgehead atoms. The van der Waals surface area contributed by atoms with Crippen molar-refractivity contribution in [1.82, 2.24) is 0 Å². The number of nitro groups is 1. The molecule has 1 N–H and O–H groups in total. The van der Waals surface area contributed by atoms with Gasteiger partial charge >= 0.3 is 0 Å². The molecule has 2 aromatic rings. The lowest BCUT2D eigenvalue weighted by Gasteiger charge is -2.07. The van der Waals surface area contributed by atoms with Crippen LogP contribution >= 0.6 is 11.8 Å². The lowest BCUT2D eigenvalue weighted by Crippen LogP contribution is -2.01. The first-order valence-electron chi connectivity index (χ1n) is 6.30. The summed E-state index contributed by atoms with van der Waals surface area (Å²) in [6, 6.07) is 7.11. The summed E-state index contributed by atoms with van der Waals surface area (Å²) in [5, 5.41) is 14.0. The first kappa shape index (κ1) is 14.5. The quantitative estimate of drug-likeness (QED) is 0.490. The summed E-state index contributed by atoms with van der Waals surface area (Å²) in [6.07, 6.45) is 1.66. The second-order valence-corrected chi connectivity index (χ2v) is 5.29. The minimum absolute atomic E-state index is 0.111. The molecule has 5 nitrogen and oxygen atoms in total. The van der Waals surface area contributed by atoms with Gasteiger partial charge in [0.15, 0.2) is 0 Å². The van der Waals surface area contributed by atoms with E-state index in [4.69, 9.17) is 4.42 Å². The first-order valence-corrected chi connectivity index (χ1v) is 7.28. The highest BCUT2D eigenvalue weighted by Crippen LogP contribution is 2.30. The van der Waals surface area contributed by atoms with Gasteiger partial charge in [-0.05, 0) is 31.5 Å². The van der Waals surface area contributed by atoms with Gasteiger partial charge in [-0.2, -0.15) is 0 Å². The molecule has 0 unspecified atom stereocenters. The van der Waals surface area contributed by atoms with Gasteiger partial charge in [0.05, 0.1) is 11.2 Å². The van der Waals surface area contributed by atoms with Crippen molar-refractivity contribution in [2.45, 2.75) is 24.5 Å². The van der Waals surface area contributed by atoms with E-state index in [1.54, 1.807) is 30.2 Å². The van der Waals surface area contributed by atoms with Crippen LogP contribution in [-0.2, 0) is 5.75 Å². The fourth-order valence-corrected chi connectivity index (χ4v) is 2.75. The number of rotatable bonds is 6. The molecule has 0 radical (unpaired) electrons. The highest BCUT2D eigenvalue weighted by atomic mass is 32.2. The predicted molar refractivity (Wildman–Crippen MR) is 80.3 cm³/mol. The number of thioether (sulfide) groups is 1. The molecule has 0 aliphatic carbocycles. The van der Waals surface area contributed by atoms with Crippen LogP contribution in [0.5, 0.6) is 0 Å². The van der Waals surface area contributed by atoms with Gasteiger partial charge in [-0.25, -0.2) is 0 Å². The molecule has 0 atom stereocenters. The van der Waals surface area contributed by atoms with E-state index in [1.807, 2.05) is 26.0 Å². The number of hydrogen-bond acceptors (Lipinski definition) is 5. The third kappa shape index (κ3) is 3.33. The van der Waals surface area contributed by atoms with Gasteiger partial charge in [-0.1, -0.05) is 6.07 Å². The molecule has 0 spiro atoms. The van der Waals surface area contributed by atoms with Crippen LogP contribution in [0.3, 0.4) is 0 Å². The Hall–Kier alpha value is -1.95. The maximum absolute atomic E-state index is 10.9. The Kier molecular flexibility index (Phi) is 4.68. The third-order valence-corrected chi connectivity index (χ3v) is 4.04. The zero-order chi connectivity index (χ0) is 14.5. The number of nitrogens with one attached hydrogen (secondary N) is 1. The Morgan fingerprint density at radius 3 is 2.80 bits per heavy atom. The van der Waals surface area contributed by atoms with Crippen LogP contribution in [0, 0.1) is 17.0 Å². The Bertz CT molecular complexity index is 610. The van der Waals surface area contributed by atoms with Crippen molar-refractivity contribution in [3.63, 3.8) is 0 Å². The van der Waals surface area contributed by atoms with Crippen molar-refractivity contribution < 1.29 is 9.34 Å². The minimum Gasteiger partial charge on any atom is -0.468 e. The van der Waals surface area contributed by atoms with Crippen LogP contribution in [0.25, 0.3) is 0 Å². The fourth-order valence-electron chi connectivity index (χ4n) is 1.85. The zero-order valence-corrected chi connectivity index (χ0v) is 12.2. The van der Waals surface area contributed by atoms with E-state index < -0.39 is 0 Å². The van der Waals surface area contributed by atoms with Crippen molar-refractivity contribution in [2.24, 2.45) is 0 Å². The van der Waals surface area contributed by atoms with Gasteiger partial charge in [-0.15, -0.1) is 11.8 Å². The van der Waals surface area contributed by atoms with Crippen LogP contribution < -0.4 is 5.32 Å². The maximum atomic E-state index is 10.9. The Morgan fingerprint density at radius 2 is 2.20 bits per heavy atom. The number of nitro benzene ring substituents is 1. The molecule has 0 saturated heterocycles. The van der Waals surface area contributed by atoms with Gasteiger partial charge in [0.2, 0.25) is 0 Å². The van der Waals surface area contributed by atoms with Gasteiger partial charge in [0.1, 0.15) is 11.4 Å². The summed E-state index contributed by atoms with van der Waals surface area (Å²) in [4.78, 5) is 11.7. The summed E-state index contributed by atoms with van der Waals surface area (Å²) >= 11 is 1.66. The van der Waals surface area contributed by atoms with Gasteiger partial charge in [0, 0.05) is 23.3 Å². The number of benzene rings is 1. The molecule has 6 heteroatoms. The zero-order valence-electron chi connectivity index (χ0n) is 11.4. The first-order chi connectivity index (χ1) is 9.61. The second-order valence-electron chi connectivity index (χ2n) is 4.27. The van der Waals surface area contributed by atoms with Crippen molar-refractivity contribution in [3.05, 3.63) is 52.0 Å². The van der Waals surface area contributed by atoms with Gasteiger partial charge in [0.25, 0.3) is 5.69 Å². The molecule has 2 rings (SSSR count). The van der Waals surface area contributed by atoms with E-state index in [9.17, 15) is 10.1 Å². The lowest BCUT2D eigenvalue weighted by atomic mass is 10.2. The molecule has 20 heavy (non-hydrogen) atoms. The van der Waals surface area contributed by atoms with E-state index in [-0.39, 0.29) is 10.6 Å². The lowest BCUT2D eigenvalue weighted by molar-refractivity contribution is -0.384. The predicted octanol–water partition coefficient (Wildman–Crippen LogP) is 4.22. The number of aryl methyl sites for hydroxylation is 1. The van der Waals surface area contributed by atoms with Crippen LogP contribution in [0.2, 0.25) is 0 Å². The Morgan fingerprint density at radius 1 is 1.40 bits per heavy atom. The average Bonchev–Trinajstić information content (AvgIpc) is 2.82. The minimum atomic E-state index is -0.366. The highest BCUT2D eigenvalue weighted by Gasteiger charge is 2.13. The molecular weight excluding hydrogens is 276 g/mol. The normalized spacial score (nSPS) is 10.5. The van der Waals surface area contributed by atoms with E-state index in [1.165, 1.54) is 0 Å². The largest absolute Gasteiger partial charge is 0.468 e. The van der Waals surface area contributed by atoms with E-state index in [0.717, 1.165) is 22.0 Å². The highest BCUT2D eigenvalue weighted by molar-refractivity contribution is 7.98. The number of anilines is 1. The monoisotopic (exact) mass is 292 g/mol. The number of hydrogen-bond donors (Lipinski definition) is 1. The molecule has 0 aliphatic heterocycles. The van der Waals surface area contributed by atoms with Crippen LogP contribution in [-0.4, -0.2) is 11.5 Å².